The molecule has 1 aromatic carbocycles. The lowest BCUT2D eigenvalue weighted by Crippen LogP contribution is -2.42. The molecule has 0 heterocycles. The first-order valence-corrected chi connectivity index (χ1v) is 7.66. The monoisotopic (exact) mass is 341 g/mol. The Bertz CT molecular complexity index is 595. The summed E-state index contributed by atoms with van der Waals surface area (Å²) in [6.07, 6.45) is -0.591. The summed E-state index contributed by atoms with van der Waals surface area (Å²) >= 11 is 11.4. The van der Waals surface area contributed by atoms with Crippen molar-refractivity contribution in [1.82, 2.24) is 4.72 Å². The van der Waals surface area contributed by atoms with Crippen molar-refractivity contribution in [3.8, 4) is 0 Å². The molecule has 0 bridgehead atoms. The highest BCUT2D eigenvalue weighted by Gasteiger charge is 2.27. The molecular formula is C11H13Cl2NO5S. The van der Waals surface area contributed by atoms with E-state index in [1.165, 1.54) is 25.1 Å². The maximum atomic E-state index is 12.0. The predicted molar refractivity (Wildman–Crippen MR) is 74.5 cm³/mol. The summed E-state index contributed by atoms with van der Waals surface area (Å²) < 4.78 is 26.1. The van der Waals surface area contributed by atoms with E-state index in [0.717, 1.165) is 0 Å². The van der Waals surface area contributed by atoms with Gasteiger partial charge < -0.3 is 10.2 Å². The van der Waals surface area contributed by atoms with Gasteiger partial charge in [-0.05, 0) is 25.1 Å². The van der Waals surface area contributed by atoms with Gasteiger partial charge in [-0.3, -0.25) is 4.79 Å². The summed E-state index contributed by atoms with van der Waals surface area (Å²) in [7, 11) is -3.95. The predicted octanol–water partition coefficient (Wildman–Crippen LogP) is 1.50. The van der Waals surface area contributed by atoms with Crippen molar-refractivity contribution in [2.24, 2.45) is 0 Å². The zero-order valence-electron chi connectivity index (χ0n) is 10.4. The highest BCUT2D eigenvalue weighted by molar-refractivity contribution is 7.89. The Kier molecular flexibility index (Phi) is 5.39. The number of carbonyl (C=O) groups is 1. The first kappa shape index (κ1) is 17.2. The van der Waals surface area contributed by atoms with Crippen molar-refractivity contribution in [3.63, 3.8) is 0 Å². The molecule has 1 rings (SSSR count). The van der Waals surface area contributed by atoms with Crippen LogP contribution in [0.15, 0.2) is 23.1 Å². The van der Waals surface area contributed by atoms with Gasteiger partial charge in [0.1, 0.15) is 0 Å². The molecule has 1 unspecified atom stereocenters. The number of halogens is 2. The molecule has 0 radical (unpaired) electrons. The van der Waals surface area contributed by atoms with E-state index in [0.29, 0.717) is 0 Å². The molecule has 0 aliphatic heterocycles. The van der Waals surface area contributed by atoms with E-state index in [1.807, 2.05) is 0 Å². The Morgan fingerprint density at radius 2 is 1.80 bits per heavy atom. The van der Waals surface area contributed by atoms with Crippen LogP contribution in [0.3, 0.4) is 0 Å². The molecule has 1 aromatic rings. The Morgan fingerprint density at radius 3 is 2.25 bits per heavy atom. The van der Waals surface area contributed by atoms with E-state index >= 15 is 0 Å². The second-order valence-corrected chi connectivity index (χ2v) is 7.14. The molecule has 0 fully saturated rings. The van der Waals surface area contributed by atoms with Crippen LogP contribution in [-0.2, 0) is 14.8 Å². The molecule has 6 nitrogen and oxygen atoms in total. The lowest BCUT2D eigenvalue weighted by atomic mass is 10.0. The van der Waals surface area contributed by atoms with E-state index in [2.05, 4.69) is 4.72 Å². The average Bonchev–Trinajstić information content (AvgIpc) is 2.23. The van der Waals surface area contributed by atoms with Crippen LogP contribution in [0.5, 0.6) is 0 Å². The number of hydrogen-bond acceptors (Lipinski definition) is 4. The standard InChI is InChI=1S/C11H13Cl2NO5S/c1-11(17,5-10(15)16)6-14-20(18,19)9-3-7(12)2-8(13)4-9/h2-4,14,17H,5-6H2,1H3,(H,15,16). The average molecular weight is 342 g/mol. The normalized spacial score (nSPS) is 14.8. The Balaban J connectivity index is 2.88. The summed E-state index contributed by atoms with van der Waals surface area (Å²) in [5, 5.41) is 18.6. The fourth-order valence-corrected chi connectivity index (χ4v) is 3.29. The molecule has 1 atom stereocenters. The first-order valence-electron chi connectivity index (χ1n) is 5.42. The number of sulfonamides is 1. The van der Waals surface area contributed by atoms with E-state index < -0.39 is 34.6 Å². The van der Waals surface area contributed by atoms with Gasteiger partial charge in [-0.15, -0.1) is 0 Å². The lowest BCUT2D eigenvalue weighted by Gasteiger charge is -2.21. The van der Waals surface area contributed by atoms with Crippen LogP contribution >= 0.6 is 23.2 Å². The summed E-state index contributed by atoms with van der Waals surface area (Å²) in [5.74, 6) is -1.24. The molecule has 0 amide bonds. The molecule has 3 N–H and O–H groups in total. The van der Waals surface area contributed by atoms with Gasteiger partial charge in [-0.25, -0.2) is 13.1 Å². The molecular weight excluding hydrogens is 329 g/mol. The van der Waals surface area contributed by atoms with E-state index in [-0.39, 0.29) is 14.9 Å². The minimum absolute atomic E-state index is 0.148. The zero-order valence-corrected chi connectivity index (χ0v) is 12.8. The molecule has 20 heavy (non-hydrogen) atoms. The van der Waals surface area contributed by atoms with Crippen LogP contribution in [0, 0.1) is 0 Å². The Morgan fingerprint density at radius 1 is 1.30 bits per heavy atom. The number of nitrogens with one attached hydrogen (secondary N) is 1. The number of aliphatic hydroxyl groups is 1. The SMILES string of the molecule is CC(O)(CNS(=O)(=O)c1cc(Cl)cc(Cl)c1)CC(=O)O. The quantitative estimate of drug-likeness (QED) is 0.727. The van der Waals surface area contributed by atoms with E-state index in [1.54, 1.807) is 0 Å². The molecule has 9 heteroatoms. The Labute approximate surface area is 126 Å². The molecule has 0 saturated heterocycles. The highest BCUT2D eigenvalue weighted by Crippen LogP contribution is 2.22. The van der Waals surface area contributed by atoms with Crippen LogP contribution in [0.2, 0.25) is 10.0 Å². The fourth-order valence-electron chi connectivity index (χ4n) is 1.41. The van der Waals surface area contributed by atoms with Gasteiger partial charge >= 0.3 is 5.97 Å². The molecule has 0 aliphatic rings. The largest absolute Gasteiger partial charge is 0.481 e. The van der Waals surface area contributed by atoms with E-state index in [9.17, 15) is 18.3 Å². The third-order valence-corrected chi connectivity index (χ3v) is 4.14. The Hall–Kier alpha value is -0.860. The van der Waals surface area contributed by atoms with Crippen molar-refractivity contribution in [2.45, 2.75) is 23.8 Å². The number of rotatable bonds is 6. The lowest BCUT2D eigenvalue weighted by molar-refractivity contribution is -0.141. The van der Waals surface area contributed by atoms with Crippen LogP contribution in [0.4, 0.5) is 0 Å². The van der Waals surface area contributed by atoms with Crippen molar-refractivity contribution in [2.75, 3.05) is 6.54 Å². The molecule has 0 aromatic heterocycles. The second kappa shape index (κ2) is 6.28. The number of aliphatic carboxylic acids is 1. The fraction of sp³-hybridized carbons (Fsp3) is 0.364. The van der Waals surface area contributed by atoms with Crippen molar-refractivity contribution >= 4 is 39.2 Å². The second-order valence-electron chi connectivity index (χ2n) is 4.50. The summed E-state index contributed by atoms with van der Waals surface area (Å²) in [6, 6.07) is 3.77. The minimum Gasteiger partial charge on any atom is -0.481 e. The minimum atomic E-state index is -3.95. The maximum absolute atomic E-state index is 12.0. The van der Waals surface area contributed by atoms with Gasteiger partial charge in [0.05, 0.1) is 16.9 Å². The van der Waals surface area contributed by atoms with Crippen LogP contribution in [-0.4, -0.2) is 36.7 Å². The molecule has 0 spiro atoms. The number of hydrogen-bond donors (Lipinski definition) is 3. The van der Waals surface area contributed by atoms with Gasteiger partial charge in [0.25, 0.3) is 0 Å². The molecule has 0 saturated carbocycles. The van der Waals surface area contributed by atoms with Crippen LogP contribution in [0.1, 0.15) is 13.3 Å². The first-order chi connectivity index (χ1) is 9.02. The van der Waals surface area contributed by atoms with Crippen LogP contribution in [0.25, 0.3) is 0 Å². The zero-order chi connectivity index (χ0) is 15.6. The summed E-state index contributed by atoms with van der Waals surface area (Å²) in [5.41, 5.74) is -1.71. The maximum Gasteiger partial charge on any atom is 0.306 e. The number of benzene rings is 1. The number of carboxylic acids is 1. The summed E-state index contributed by atoms with van der Waals surface area (Å²) in [4.78, 5) is 10.4. The van der Waals surface area contributed by atoms with Gasteiger partial charge in [0, 0.05) is 16.6 Å². The summed E-state index contributed by atoms with van der Waals surface area (Å²) in [6.45, 7) is 0.764. The van der Waals surface area contributed by atoms with Gasteiger partial charge in [-0.1, -0.05) is 23.2 Å². The highest BCUT2D eigenvalue weighted by atomic mass is 35.5. The number of carboxylic acid groups (broad SMARTS) is 1. The van der Waals surface area contributed by atoms with Crippen molar-refractivity contribution in [1.29, 1.82) is 0 Å². The molecule has 112 valence electrons. The topological polar surface area (TPSA) is 104 Å². The third-order valence-electron chi connectivity index (χ3n) is 2.32. The van der Waals surface area contributed by atoms with Crippen molar-refractivity contribution < 1.29 is 23.4 Å². The van der Waals surface area contributed by atoms with E-state index in [4.69, 9.17) is 28.3 Å². The van der Waals surface area contributed by atoms with Gasteiger partial charge in [0.2, 0.25) is 10.0 Å². The third kappa shape index (κ3) is 5.26. The van der Waals surface area contributed by atoms with Crippen LogP contribution < -0.4 is 4.72 Å². The smallest absolute Gasteiger partial charge is 0.306 e. The van der Waals surface area contributed by atoms with Crippen molar-refractivity contribution in [3.05, 3.63) is 28.2 Å². The van der Waals surface area contributed by atoms with Gasteiger partial charge in [-0.2, -0.15) is 0 Å². The molecule has 0 aliphatic carbocycles. The van der Waals surface area contributed by atoms with Gasteiger partial charge in [0.15, 0.2) is 0 Å².